The molecule has 0 aromatic heterocycles. The summed E-state index contributed by atoms with van der Waals surface area (Å²) in [7, 11) is 0. The first-order chi connectivity index (χ1) is 17.0. The minimum absolute atomic E-state index is 0.00734. The van der Waals surface area contributed by atoms with Crippen molar-refractivity contribution in [3.8, 4) is 11.1 Å². The molecule has 5 rings (SSSR count). The smallest absolute Gasteiger partial charge is 0.407 e. The second-order valence-corrected chi connectivity index (χ2v) is 10.1. The first kappa shape index (κ1) is 23.4. The van der Waals surface area contributed by atoms with E-state index in [9.17, 15) is 19.5 Å². The molecular formula is C28H32N2O5. The normalized spacial score (nSPS) is 21.9. The summed E-state index contributed by atoms with van der Waals surface area (Å²) in [6.45, 7) is 0.259. The fourth-order valence-electron chi connectivity index (χ4n) is 5.82. The zero-order valence-electron chi connectivity index (χ0n) is 19.7. The molecule has 2 fully saturated rings. The van der Waals surface area contributed by atoms with E-state index < -0.39 is 12.1 Å². The predicted octanol–water partition coefficient (Wildman–Crippen LogP) is 4.45. The van der Waals surface area contributed by atoms with Gasteiger partial charge in [0.15, 0.2) is 0 Å². The highest BCUT2D eigenvalue weighted by atomic mass is 16.5. The summed E-state index contributed by atoms with van der Waals surface area (Å²) in [5, 5.41) is 15.1. The van der Waals surface area contributed by atoms with Gasteiger partial charge >= 0.3 is 12.1 Å². The highest BCUT2D eigenvalue weighted by Crippen LogP contribution is 2.44. The molecule has 2 saturated carbocycles. The Bertz CT molecular complexity index is 1070. The number of amides is 2. The molecule has 7 heteroatoms. The van der Waals surface area contributed by atoms with Gasteiger partial charge in [0.2, 0.25) is 5.91 Å². The van der Waals surface area contributed by atoms with E-state index in [0.717, 1.165) is 19.3 Å². The van der Waals surface area contributed by atoms with Crippen LogP contribution >= 0.6 is 0 Å². The van der Waals surface area contributed by atoms with E-state index in [4.69, 9.17) is 4.74 Å². The predicted molar refractivity (Wildman–Crippen MR) is 131 cm³/mol. The number of aliphatic carboxylic acids is 1. The van der Waals surface area contributed by atoms with Gasteiger partial charge in [-0.3, -0.25) is 9.59 Å². The number of carbonyl (C=O) groups excluding carboxylic acids is 2. The topological polar surface area (TPSA) is 105 Å². The number of benzene rings is 2. The highest BCUT2D eigenvalue weighted by molar-refractivity contribution is 5.81. The van der Waals surface area contributed by atoms with Crippen LogP contribution in [-0.4, -0.2) is 41.8 Å². The van der Waals surface area contributed by atoms with Crippen LogP contribution in [0.3, 0.4) is 0 Å². The summed E-state index contributed by atoms with van der Waals surface area (Å²) in [6.07, 6.45) is 4.44. The molecule has 0 heterocycles. The van der Waals surface area contributed by atoms with Gasteiger partial charge in [0.1, 0.15) is 6.61 Å². The van der Waals surface area contributed by atoms with Gasteiger partial charge in [-0.2, -0.15) is 0 Å². The number of hydrogen-bond donors (Lipinski definition) is 3. The van der Waals surface area contributed by atoms with Crippen molar-refractivity contribution in [3.05, 3.63) is 59.7 Å². The highest BCUT2D eigenvalue weighted by Gasteiger charge is 2.36. The Morgan fingerprint density at radius 1 is 0.943 bits per heavy atom. The van der Waals surface area contributed by atoms with Crippen LogP contribution < -0.4 is 10.6 Å². The van der Waals surface area contributed by atoms with Gasteiger partial charge < -0.3 is 20.5 Å². The van der Waals surface area contributed by atoms with Crippen LogP contribution in [0.15, 0.2) is 48.5 Å². The average Bonchev–Trinajstić information content (AvgIpc) is 3.39. The maximum Gasteiger partial charge on any atom is 0.407 e. The van der Waals surface area contributed by atoms with Crippen molar-refractivity contribution in [2.45, 2.75) is 62.9 Å². The van der Waals surface area contributed by atoms with Gasteiger partial charge in [0.05, 0.1) is 6.42 Å². The lowest BCUT2D eigenvalue weighted by Gasteiger charge is -2.34. The largest absolute Gasteiger partial charge is 0.481 e. The molecule has 0 aliphatic heterocycles. The van der Waals surface area contributed by atoms with E-state index in [2.05, 4.69) is 34.9 Å². The molecule has 2 aromatic carbocycles. The van der Waals surface area contributed by atoms with Crippen LogP contribution in [-0.2, 0) is 14.3 Å². The molecule has 3 aliphatic carbocycles. The minimum Gasteiger partial charge on any atom is -0.481 e. The average molecular weight is 477 g/mol. The van der Waals surface area contributed by atoms with Crippen LogP contribution in [0.5, 0.6) is 0 Å². The molecular weight excluding hydrogens is 444 g/mol. The second kappa shape index (κ2) is 10.1. The van der Waals surface area contributed by atoms with Crippen LogP contribution in [0.1, 0.15) is 62.0 Å². The SMILES string of the molecule is O=C(O)CC(NC(=O)[C@@H]1CC[C@H](NC(=O)OCC2c3ccccc3-c3ccccc32)C1)C1CCC1. The molecule has 35 heavy (non-hydrogen) atoms. The maximum absolute atomic E-state index is 12.8. The number of ether oxygens (including phenoxy) is 1. The number of fused-ring (bicyclic) bond motifs is 3. The fourth-order valence-corrected chi connectivity index (χ4v) is 5.82. The van der Waals surface area contributed by atoms with Gasteiger partial charge in [0.25, 0.3) is 0 Å². The van der Waals surface area contributed by atoms with E-state index in [-0.39, 0.29) is 48.8 Å². The number of hydrogen-bond acceptors (Lipinski definition) is 4. The Hall–Kier alpha value is -3.35. The van der Waals surface area contributed by atoms with Crippen molar-refractivity contribution in [2.75, 3.05) is 6.61 Å². The summed E-state index contributed by atoms with van der Waals surface area (Å²) in [6, 6.07) is 16.0. The van der Waals surface area contributed by atoms with E-state index >= 15 is 0 Å². The summed E-state index contributed by atoms with van der Waals surface area (Å²) in [5.41, 5.74) is 4.71. The van der Waals surface area contributed by atoms with E-state index in [1.165, 1.54) is 22.3 Å². The molecule has 3 atom stereocenters. The van der Waals surface area contributed by atoms with E-state index in [1.807, 2.05) is 24.3 Å². The number of nitrogens with one attached hydrogen (secondary N) is 2. The molecule has 3 aliphatic rings. The van der Waals surface area contributed by atoms with Crippen molar-refractivity contribution < 1.29 is 24.2 Å². The second-order valence-electron chi connectivity index (χ2n) is 10.1. The van der Waals surface area contributed by atoms with Gasteiger partial charge in [-0.05, 0) is 60.3 Å². The Morgan fingerprint density at radius 3 is 2.20 bits per heavy atom. The molecule has 3 N–H and O–H groups in total. The Kier molecular flexibility index (Phi) is 6.75. The molecule has 1 unspecified atom stereocenters. The standard InChI is InChI=1S/C28H32N2O5/c31-26(32)15-25(17-6-5-7-17)30-27(33)18-12-13-19(14-18)29-28(34)35-16-24-22-10-3-1-8-20(22)21-9-2-4-11-23(21)24/h1-4,8-11,17-19,24-25H,5-7,12-16H2,(H,29,34)(H,30,33)(H,31,32)/t18-,19+,25?/m1/s1. The quantitative estimate of drug-likeness (QED) is 0.522. The third-order valence-electron chi connectivity index (χ3n) is 7.91. The Morgan fingerprint density at radius 2 is 1.60 bits per heavy atom. The van der Waals surface area contributed by atoms with E-state index in [0.29, 0.717) is 19.3 Å². The first-order valence-corrected chi connectivity index (χ1v) is 12.6. The summed E-state index contributed by atoms with van der Waals surface area (Å²) >= 11 is 0. The number of alkyl carbamates (subject to hydrolysis) is 1. The maximum atomic E-state index is 12.8. The van der Waals surface area contributed by atoms with Crippen molar-refractivity contribution in [2.24, 2.45) is 11.8 Å². The monoisotopic (exact) mass is 476 g/mol. The van der Waals surface area contributed by atoms with Gasteiger partial charge in [-0.25, -0.2) is 4.79 Å². The van der Waals surface area contributed by atoms with Crippen molar-refractivity contribution in [1.29, 1.82) is 0 Å². The zero-order valence-corrected chi connectivity index (χ0v) is 19.7. The molecule has 7 nitrogen and oxygen atoms in total. The van der Waals surface area contributed by atoms with Crippen LogP contribution in [0.25, 0.3) is 11.1 Å². The minimum atomic E-state index is -0.886. The molecule has 0 spiro atoms. The van der Waals surface area contributed by atoms with Crippen molar-refractivity contribution in [1.82, 2.24) is 10.6 Å². The number of rotatable bonds is 8. The summed E-state index contributed by atoms with van der Waals surface area (Å²) in [4.78, 5) is 36.6. The molecule has 0 radical (unpaired) electrons. The summed E-state index contributed by atoms with van der Waals surface area (Å²) < 4.78 is 5.64. The van der Waals surface area contributed by atoms with Crippen molar-refractivity contribution >= 4 is 18.0 Å². The third kappa shape index (κ3) is 5.04. The van der Waals surface area contributed by atoms with Gasteiger partial charge in [-0.15, -0.1) is 0 Å². The van der Waals surface area contributed by atoms with Crippen LogP contribution in [0.4, 0.5) is 4.79 Å². The Balaban J connectivity index is 1.12. The number of carbonyl (C=O) groups is 3. The summed E-state index contributed by atoms with van der Waals surface area (Å²) in [5.74, 6) is -0.937. The first-order valence-electron chi connectivity index (χ1n) is 12.6. The van der Waals surface area contributed by atoms with Crippen LogP contribution in [0.2, 0.25) is 0 Å². The third-order valence-corrected chi connectivity index (χ3v) is 7.91. The van der Waals surface area contributed by atoms with Gasteiger partial charge in [0, 0.05) is 23.9 Å². The molecule has 0 saturated heterocycles. The molecule has 0 bridgehead atoms. The molecule has 184 valence electrons. The van der Waals surface area contributed by atoms with E-state index in [1.54, 1.807) is 0 Å². The number of carboxylic acid groups (broad SMARTS) is 1. The number of carboxylic acids is 1. The fraction of sp³-hybridized carbons (Fsp3) is 0.464. The Labute approximate surface area is 205 Å². The lowest BCUT2D eigenvalue weighted by atomic mass is 9.78. The lowest BCUT2D eigenvalue weighted by molar-refractivity contribution is -0.138. The lowest BCUT2D eigenvalue weighted by Crippen LogP contribution is -2.46. The van der Waals surface area contributed by atoms with Crippen molar-refractivity contribution in [3.63, 3.8) is 0 Å². The van der Waals surface area contributed by atoms with Crippen LogP contribution in [0, 0.1) is 11.8 Å². The zero-order chi connectivity index (χ0) is 24.4. The molecule has 2 aromatic rings. The van der Waals surface area contributed by atoms with Gasteiger partial charge in [-0.1, -0.05) is 55.0 Å². The molecule has 2 amide bonds.